The lowest BCUT2D eigenvalue weighted by Crippen LogP contribution is -2.42. The first-order chi connectivity index (χ1) is 13.6. The molecule has 1 saturated heterocycles. The van der Waals surface area contributed by atoms with E-state index in [1.54, 1.807) is 33.5 Å². The van der Waals surface area contributed by atoms with Gasteiger partial charge < -0.3 is 4.74 Å². The van der Waals surface area contributed by atoms with Gasteiger partial charge in [0.25, 0.3) is 0 Å². The number of hydrogen-bond donors (Lipinski definition) is 0. The Morgan fingerprint density at radius 3 is 2.43 bits per heavy atom. The van der Waals surface area contributed by atoms with Gasteiger partial charge >= 0.3 is 0 Å². The number of benzene rings is 1. The Balaban J connectivity index is 1.31. The van der Waals surface area contributed by atoms with Crippen molar-refractivity contribution in [2.75, 3.05) is 13.1 Å². The monoisotopic (exact) mass is 399 g/mol. The average Bonchev–Trinajstić information content (AvgIpc) is 3.24. The highest BCUT2D eigenvalue weighted by atomic mass is 32.2. The first-order valence-electron chi connectivity index (χ1n) is 9.12. The zero-order valence-corrected chi connectivity index (χ0v) is 16.1. The standard InChI is InChI=1S/C19H21N5O3S/c25-28(26,15-16-5-2-1-3-6-16)23-13-9-17(10-14-23)27-19-8-7-18(21-22-19)24-12-4-11-20-24/h1-8,11-12,17H,9-10,13-15H2. The maximum absolute atomic E-state index is 12.6. The van der Waals surface area contributed by atoms with E-state index in [9.17, 15) is 8.42 Å². The van der Waals surface area contributed by atoms with Crippen LogP contribution in [0.25, 0.3) is 5.82 Å². The molecular formula is C19H21N5O3S. The second-order valence-corrected chi connectivity index (χ2v) is 8.61. The van der Waals surface area contributed by atoms with E-state index in [0.717, 1.165) is 5.56 Å². The van der Waals surface area contributed by atoms with Crippen LogP contribution in [0.1, 0.15) is 18.4 Å². The van der Waals surface area contributed by atoms with Gasteiger partial charge in [0.2, 0.25) is 15.9 Å². The van der Waals surface area contributed by atoms with E-state index in [-0.39, 0.29) is 11.9 Å². The van der Waals surface area contributed by atoms with Crippen LogP contribution in [0.2, 0.25) is 0 Å². The molecule has 0 spiro atoms. The van der Waals surface area contributed by atoms with Gasteiger partial charge in [-0.15, -0.1) is 10.2 Å². The second-order valence-electron chi connectivity index (χ2n) is 6.64. The van der Waals surface area contributed by atoms with Crippen molar-refractivity contribution >= 4 is 10.0 Å². The largest absolute Gasteiger partial charge is 0.473 e. The van der Waals surface area contributed by atoms with Crippen molar-refractivity contribution < 1.29 is 13.2 Å². The molecule has 0 atom stereocenters. The van der Waals surface area contributed by atoms with Crippen LogP contribution in [0.5, 0.6) is 5.88 Å². The molecule has 0 saturated carbocycles. The van der Waals surface area contributed by atoms with Crippen LogP contribution in [-0.2, 0) is 15.8 Å². The first-order valence-corrected chi connectivity index (χ1v) is 10.7. The van der Waals surface area contributed by atoms with E-state index < -0.39 is 10.0 Å². The molecule has 146 valence electrons. The third kappa shape index (κ3) is 4.37. The van der Waals surface area contributed by atoms with Gasteiger partial charge in [0.1, 0.15) is 6.10 Å². The van der Waals surface area contributed by atoms with Gasteiger partial charge in [0.05, 0.1) is 5.75 Å². The number of hydrogen-bond acceptors (Lipinski definition) is 6. The smallest absolute Gasteiger partial charge is 0.233 e. The minimum Gasteiger partial charge on any atom is -0.473 e. The summed E-state index contributed by atoms with van der Waals surface area (Å²) < 4.78 is 34.3. The summed E-state index contributed by atoms with van der Waals surface area (Å²) in [6.07, 6.45) is 4.63. The fourth-order valence-corrected chi connectivity index (χ4v) is 4.74. The molecule has 0 aliphatic carbocycles. The molecule has 3 heterocycles. The zero-order valence-electron chi connectivity index (χ0n) is 15.3. The summed E-state index contributed by atoms with van der Waals surface area (Å²) in [4.78, 5) is 0. The minimum atomic E-state index is -3.32. The Morgan fingerprint density at radius 2 is 1.79 bits per heavy atom. The van der Waals surface area contributed by atoms with Crippen LogP contribution in [-0.4, -0.2) is 51.9 Å². The lowest BCUT2D eigenvalue weighted by atomic mass is 10.1. The predicted molar refractivity (Wildman–Crippen MR) is 103 cm³/mol. The fraction of sp³-hybridized carbons (Fsp3) is 0.316. The average molecular weight is 399 g/mol. The van der Waals surface area contributed by atoms with Crippen molar-refractivity contribution in [2.45, 2.75) is 24.7 Å². The van der Waals surface area contributed by atoms with Crippen molar-refractivity contribution in [3.63, 3.8) is 0 Å². The van der Waals surface area contributed by atoms with Crippen LogP contribution >= 0.6 is 0 Å². The third-order valence-corrected chi connectivity index (χ3v) is 6.49. The SMILES string of the molecule is O=S(=O)(Cc1ccccc1)N1CCC(Oc2ccc(-n3cccn3)nn2)CC1. The Kier molecular flexibility index (Phi) is 5.36. The van der Waals surface area contributed by atoms with Gasteiger partial charge in [-0.1, -0.05) is 30.3 Å². The van der Waals surface area contributed by atoms with Gasteiger partial charge in [0, 0.05) is 31.5 Å². The Labute approximate surface area is 163 Å². The molecule has 9 heteroatoms. The molecular weight excluding hydrogens is 378 g/mol. The normalized spacial score (nSPS) is 16.1. The highest BCUT2D eigenvalue weighted by Gasteiger charge is 2.29. The fourth-order valence-electron chi connectivity index (χ4n) is 3.18. The molecule has 8 nitrogen and oxygen atoms in total. The quantitative estimate of drug-likeness (QED) is 0.630. The molecule has 1 aromatic carbocycles. The number of rotatable bonds is 6. The van der Waals surface area contributed by atoms with Crippen molar-refractivity contribution in [3.05, 3.63) is 66.5 Å². The summed E-state index contributed by atoms with van der Waals surface area (Å²) in [5.74, 6) is 1.07. The molecule has 0 radical (unpaired) electrons. The summed E-state index contributed by atoms with van der Waals surface area (Å²) in [6.45, 7) is 0.886. The van der Waals surface area contributed by atoms with Crippen molar-refractivity contribution in [1.29, 1.82) is 0 Å². The molecule has 4 rings (SSSR count). The molecule has 0 amide bonds. The highest BCUT2D eigenvalue weighted by molar-refractivity contribution is 7.88. The number of piperidine rings is 1. The highest BCUT2D eigenvalue weighted by Crippen LogP contribution is 2.21. The Hall–Kier alpha value is -2.78. The summed E-state index contributed by atoms with van der Waals surface area (Å²) in [7, 11) is -3.32. The lowest BCUT2D eigenvalue weighted by molar-refractivity contribution is 0.128. The van der Waals surface area contributed by atoms with E-state index >= 15 is 0 Å². The van der Waals surface area contributed by atoms with E-state index in [2.05, 4.69) is 15.3 Å². The minimum absolute atomic E-state index is 0.0275. The molecule has 1 aliphatic heterocycles. The summed E-state index contributed by atoms with van der Waals surface area (Å²) in [6, 6.07) is 14.6. The van der Waals surface area contributed by atoms with E-state index in [4.69, 9.17) is 4.74 Å². The lowest BCUT2D eigenvalue weighted by Gasteiger charge is -2.31. The molecule has 0 bridgehead atoms. The van der Waals surface area contributed by atoms with Crippen LogP contribution in [0.4, 0.5) is 0 Å². The zero-order chi connectivity index (χ0) is 19.4. The first kappa shape index (κ1) is 18.6. The van der Waals surface area contributed by atoms with Crippen molar-refractivity contribution in [3.8, 4) is 11.7 Å². The Morgan fingerprint density at radius 1 is 1.00 bits per heavy atom. The Bertz CT molecular complexity index is 984. The van der Waals surface area contributed by atoms with Crippen LogP contribution in [0, 0.1) is 0 Å². The van der Waals surface area contributed by atoms with Gasteiger partial charge in [-0.25, -0.2) is 17.4 Å². The van der Waals surface area contributed by atoms with Gasteiger partial charge in [-0.05, 0) is 30.5 Å². The molecule has 0 N–H and O–H groups in total. The van der Waals surface area contributed by atoms with Crippen LogP contribution in [0.3, 0.4) is 0 Å². The third-order valence-electron chi connectivity index (χ3n) is 4.64. The maximum Gasteiger partial charge on any atom is 0.233 e. The number of aromatic nitrogens is 4. The maximum atomic E-state index is 12.6. The summed E-state index contributed by atoms with van der Waals surface area (Å²) >= 11 is 0. The molecule has 28 heavy (non-hydrogen) atoms. The van der Waals surface area contributed by atoms with Crippen molar-refractivity contribution in [1.82, 2.24) is 24.3 Å². The molecule has 1 fully saturated rings. The van der Waals surface area contributed by atoms with Gasteiger partial charge in [-0.2, -0.15) is 5.10 Å². The van der Waals surface area contributed by atoms with E-state index in [1.165, 1.54) is 0 Å². The summed E-state index contributed by atoms with van der Waals surface area (Å²) in [5.41, 5.74) is 0.799. The van der Waals surface area contributed by atoms with E-state index in [1.807, 2.05) is 36.4 Å². The molecule has 1 aliphatic rings. The number of sulfonamides is 1. The van der Waals surface area contributed by atoms with Crippen LogP contribution < -0.4 is 4.74 Å². The molecule has 3 aromatic rings. The van der Waals surface area contributed by atoms with E-state index in [0.29, 0.717) is 37.6 Å². The number of ether oxygens (including phenoxy) is 1. The van der Waals surface area contributed by atoms with Crippen LogP contribution in [0.15, 0.2) is 60.9 Å². The second kappa shape index (κ2) is 8.07. The molecule has 2 aromatic heterocycles. The summed E-state index contributed by atoms with van der Waals surface area (Å²) in [5, 5.41) is 12.3. The molecule has 0 unspecified atom stereocenters. The van der Waals surface area contributed by atoms with Gasteiger partial charge in [-0.3, -0.25) is 0 Å². The predicted octanol–water partition coefficient (Wildman–Crippen LogP) is 2.04. The number of nitrogens with zero attached hydrogens (tertiary/aromatic N) is 5. The topological polar surface area (TPSA) is 90.2 Å². The van der Waals surface area contributed by atoms with Gasteiger partial charge in [0.15, 0.2) is 5.82 Å². The van der Waals surface area contributed by atoms with Crippen molar-refractivity contribution in [2.24, 2.45) is 0 Å².